The lowest BCUT2D eigenvalue weighted by Crippen LogP contribution is -2.29. The third-order valence-electron chi connectivity index (χ3n) is 9.23. The topological polar surface area (TPSA) is 108 Å². The number of esters is 2. The van der Waals surface area contributed by atoms with Gasteiger partial charge in [-0.25, -0.2) is 4.57 Å². The van der Waals surface area contributed by atoms with Gasteiger partial charge in [0.15, 0.2) is 6.10 Å². The van der Waals surface area contributed by atoms with E-state index in [0.29, 0.717) is 6.42 Å². The fourth-order valence-electron chi connectivity index (χ4n) is 6.03. The third-order valence-corrected chi connectivity index (χ3v) is 10.3. The highest BCUT2D eigenvalue weighted by Crippen LogP contribution is 2.43. The third kappa shape index (κ3) is 38.3. The fraction of sp³-hybridized carbons (Fsp3) is 0.860. The first-order chi connectivity index (χ1) is 25.3. The Hall–Kier alpha value is -1.47. The van der Waals surface area contributed by atoms with Gasteiger partial charge in [0.05, 0.1) is 13.2 Å². The summed E-state index contributed by atoms with van der Waals surface area (Å²) in [4.78, 5) is 34.7. The molecule has 0 bridgehead atoms. The lowest BCUT2D eigenvalue weighted by Gasteiger charge is -2.19. The highest BCUT2D eigenvalue weighted by molar-refractivity contribution is 7.47. The number of ether oxygens (including phenoxy) is 2. The van der Waals surface area contributed by atoms with Gasteiger partial charge in [-0.15, -0.1) is 0 Å². The number of carbonyl (C=O) groups excluding carboxylic acids is 2. The molecule has 0 rings (SSSR count). The number of hydrogen-bond acceptors (Lipinski definition) is 7. The Morgan fingerprint density at radius 2 is 0.865 bits per heavy atom. The molecule has 0 aromatic rings. The Balaban J connectivity index is 4.08. The molecule has 0 saturated heterocycles. The van der Waals surface area contributed by atoms with Crippen LogP contribution in [0.4, 0.5) is 0 Å². The van der Waals surface area contributed by atoms with Crippen LogP contribution in [0.1, 0.15) is 213 Å². The Morgan fingerprint density at radius 1 is 0.500 bits per heavy atom. The molecule has 2 unspecified atom stereocenters. The van der Waals surface area contributed by atoms with E-state index in [-0.39, 0.29) is 32.0 Å². The predicted octanol–water partition coefficient (Wildman–Crippen LogP) is 13.5. The maximum Gasteiger partial charge on any atom is 0.472 e. The molecule has 1 N–H and O–H groups in total. The Kier molecular flexibility index (Phi) is 38.1. The van der Waals surface area contributed by atoms with E-state index in [2.05, 4.69) is 38.2 Å². The first-order valence-corrected chi connectivity index (χ1v) is 23.1. The lowest BCUT2D eigenvalue weighted by molar-refractivity contribution is -0.161. The summed E-state index contributed by atoms with van der Waals surface area (Å²) in [6.07, 6.45) is 42.3. The van der Waals surface area contributed by atoms with Crippen molar-refractivity contribution in [2.75, 3.05) is 19.8 Å². The number of hydrogen-bond donors (Lipinski definition) is 1. The van der Waals surface area contributed by atoms with Crippen LogP contribution in [-0.2, 0) is 32.7 Å². The van der Waals surface area contributed by atoms with Crippen molar-refractivity contribution in [1.29, 1.82) is 0 Å². The molecule has 0 fully saturated rings. The minimum Gasteiger partial charge on any atom is -0.462 e. The lowest BCUT2D eigenvalue weighted by atomic mass is 10.1. The van der Waals surface area contributed by atoms with Gasteiger partial charge in [-0.2, -0.15) is 0 Å². The van der Waals surface area contributed by atoms with Gasteiger partial charge in [0, 0.05) is 12.8 Å². The van der Waals surface area contributed by atoms with Crippen molar-refractivity contribution >= 4 is 19.8 Å². The minimum atomic E-state index is -4.28. The molecule has 0 aromatic carbocycles. The summed E-state index contributed by atoms with van der Waals surface area (Å²) in [7, 11) is -4.28. The molecule has 0 spiro atoms. The second kappa shape index (κ2) is 39.2. The van der Waals surface area contributed by atoms with Crippen molar-refractivity contribution in [3.8, 4) is 0 Å². The summed E-state index contributed by atoms with van der Waals surface area (Å²) in [6.45, 7) is 5.46. The maximum atomic E-state index is 12.5. The number of allylic oxidation sites excluding steroid dienone is 4. The van der Waals surface area contributed by atoms with Crippen molar-refractivity contribution in [1.82, 2.24) is 0 Å². The van der Waals surface area contributed by atoms with Gasteiger partial charge in [-0.05, 0) is 71.1 Å². The second-order valence-electron chi connectivity index (χ2n) is 14.4. The zero-order valence-electron chi connectivity index (χ0n) is 34.0. The standard InChI is InChI=1S/C43H81O8P/c1-4-7-9-11-13-15-17-19-21-22-23-24-26-28-30-32-34-36-38-43(45)51-41(40-50-52(46,47)49-6-3)39-48-42(44)37-35-33-31-29-27-25-20-18-16-14-12-10-8-5-2/h18,20-22,41H,4-17,19,23-40H2,1-3H3,(H,46,47)/b20-18-,22-21-. The monoisotopic (exact) mass is 757 g/mol. The van der Waals surface area contributed by atoms with Gasteiger partial charge in [0.1, 0.15) is 6.61 Å². The van der Waals surface area contributed by atoms with Gasteiger partial charge in [-0.1, -0.05) is 154 Å². The number of rotatable bonds is 40. The van der Waals surface area contributed by atoms with E-state index in [1.165, 1.54) is 109 Å². The van der Waals surface area contributed by atoms with Gasteiger partial charge >= 0.3 is 19.8 Å². The summed E-state index contributed by atoms with van der Waals surface area (Å²) < 4.78 is 32.6. The molecule has 2 atom stereocenters. The molecule has 52 heavy (non-hydrogen) atoms. The smallest absolute Gasteiger partial charge is 0.462 e. The average molecular weight is 757 g/mol. The number of phosphoric acid groups is 1. The highest BCUT2D eigenvalue weighted by Gasteiger charge is 2.25. The molecule has 0 aliphatic rings. The van der Waals surface area contributed by atoms with Crippen LogP contribution in [0.5, 0.6) is 0 Å². The van der Waals surface area contributed by atoms with Gasteiger partial charge in [-0.3, -0.25) is 18.6 Å². The van der Waals surface area contributed by atoms with Crippen LogP contribution in [0.3, 0.4) is 0 Å². The normalized spacial score (nSPS) is 13.5. The molecule has 0 heterocycles. The Labute approximate surface area is 320 Å². The summed E-state index contributed by atoms with van der Waals surface area (Å²) in [6, 6.07) is 0. The zero-order chi connectivity index (χ0) is 38.2. The van der Waals surface area contributed by atoms with Crippen LogP contribution in [0.2, 0.25) is 0 Å². The van der Waals surface area contributed by atoms with Crippen molar-refractivity contribution in [2.45, 2.75) is 219 Å². The Morgan fingerprint density at radius 3 is 1.27 bits per heavy atom. The molecule has 0 saturated carbocycles. The fourth-order valence-corrected chi connectivity index (χ4v) is 6.79. The summed E-state index contributed by atoms with van der Waals surface area (Å²) >= 11 is 0. The van der Waals surface area contributed by atoms with Crippen LogP contribution in [0, 0.1) is 0 Å². The van der Waals surface area contributed by atoms with Gasteiger partial charge in [0.2, 0.25) is 0 Å². The predicted molar refractivity (Wildman–Crippen MR) is 216 cm³/mol. The molecule has 0 radical (unpaired) electrons. The molecular formula is C43H81O8P. The van der Waals surface area contributed by atoms with Crippen molar-refractivity contribution in [3.05, 3.63) is 24.3 Å². The van der Waals surface area contributed by atoms with Crippen LogP contribution in [0.15, 0.2) is 24.3 Å². The molecule has 0 amide bonds. The maximum absolute atomic E-state index is 12.5. The van der Waals surface area contributed by atoms with E-state index in [0.717, 1.165) is 64.2 Å². The average Bonchev–Trinajstić information content (AvgIpc) is 3.12. The number of unbranched alkanes of at least 4 members (excludes halogenated alkanes) is 24. The zero-order valence-corrected chi connectivity index (χ0v) is 34.9. The summed E-state index contributed by atoms with van der Waals surface area (Å²) in [5, 5.41) is 0. The van der Waals surface area contributed by atoms with E-state index in [4.69, 9.17) is 18.5 Å². The molecule has 306 valence electrons. The van der Waals surface area contributed by atoms with Gasteiger partial charge in [0.25, 0.3) is 0 Å². The SMILES string of the molecule is CCCCCCC/C=C\CCCCCCCC(=O)OCC(COP(=O)(O)OCC)OC(=O)CCCCCCCCC/C=C\CCCCCCCCC. The van der Waals surface area contributed by atoms with Gasteiger partial charge < -0.3 is 14.4 Å². The molecule has 9 heteroatoms. The minimum absolute atomic E-state index is 0.000479. The van der Waals surface area contributed by atoms with Crippen molar-refractivity contribution in [3.63, 3.8) is 0 Å². The molecule has 0 aliphatic carbocycles. The first kappa shape index (κ1) is 50.5. The van der Waals surface area contributed by atoms with Crippen LogP contribution >= 0.6 is 7.82 Å². The van der Waals surface area contributed by atoms with Crippen LogP contribution < -0.4 is 0 Å². The molecule has 0 aromatic heterocycles. The van der Waals surface area contributed by atoms with Crippen molar-refractivity contribution < 1.29 is 37.6 Å². The molecule has 8 nitrogen and oxygen atoms in total. The van der Waals surface area contributed by atoms with Crippen molar-refractivity contribution in [2.24, 2.45) is 0 Å². The summed E-state index contributed by atoms with van der Waals surface area (Å²) in [5.41, 5.74) is 0. The largest absolute Gasteiger partial charge is 0.472 e. The second-order valence-corrected chi connectivity index (χ2v) is 15.8. The van der Waals surface area contributed by atoms with E-state index < -0.39 is 26.5 Å². The van der Waals surface area contributed by atoms with E-state index in [1.807, 2.05) is 0 Å². The first-order valence-electron chi connectivity index (χ1n) is 21.6. The molecular weight excluding hydrogens is 675 g/mol. The van der Waals surface area contributed by atoms with E-state index >= 15 is 0 Å². The van der Waals surface area contributed by atoms with E-state index in [1.54, 1.807) is 6.92 Å². The summed E-state index contributed by atoms with van der Waals surface area (Å²) in [5.74, 6) is -0.807. The quantitative estimate of drug-likeness (QED) is 0.0285. The Bertz CT molecular complexity index is 906. The van der Waals surface area contributed by atoms with E-state index in [9.17, 15) is 19.0 Å². The molecule has 0 aliphatic heterocycles. The van der Waals surface area contributed by atoms with Crippen LogP contribution in [0.25, 0.3) is 0 Å². The number of phosphoric ester groups is 1. The van der Waals surface area contributed by atoms with Crippen LogP contribution in [-0.4, -0.2) is 42.8 Å². The number of carbonyl (C=O) groups is 2. The highest BCUT2D eigenvalue weighted by atomic mass is 31.2.